The third-order valence-electron chi connectivity index (χ3n) is 4.54. The molecule has 0 radical (unpaired) electrons. The van der Waals surface area contributed by atoms with Gasteiger partial charge in [0.15, 0.2) is 0 Å². The number of rotatable bonds is 3. The van der Waals surface area contributed by atoms with Crippen LogP contribution in [0.1, 0.15) is 52.9 Å². The van der Waals surface area contributed by atoms with Crippen LogP contribution in [0.4, 0.5) is 4.79 Å². The number of thiol groups is 1. The van der Waals surface area contributed by atoms with Crippen molar-refractivity contribution in [3.05, 3.63) is 0 Å². The van der Waals surface area contributed by atoms with E-state index >= 15 is 0 Å². The van der Waals surface area contributed by atoms with Crippen LogP contribution in [0, 0.1) is 0 Å². The first kappa shape index (κ1) is 19.4. The molecule has 1 aliphatic heterocycles. The highest BCUT2D eigenvalue weighted by Gasteiger charge is 2.41. The van der Waals surface area contributed by atoms with Crippen molar-refractivity contribution in [2.24, 2.45) is 0 Å². The standard InChI is InChI=1S/C17H30N2O4S/c1-16(2,3)23-15(21)18-13-4-7-17(8-5-13)12-19(9-10-22-17)14(20)6-11-24/h13,24H,4-12H2,1-3H3,(H,18,21). The highest BCUT2D eigenvalue weighted by atomic mass is 32.1. The number of morpholine rings is 1. The minimum absolute atomic E-state index is 0.109. The minimum atomic E-state index is -0.486. The molecule has 0 aromatic rings. The molecule has 1 spiro atoms. The summed E-state index contributed by atoms with van der Waals surface area (Å²) in [5.41, 5.74) is -0.739. The molecule has 6 nitrogen and oxygen atoms in total. The number of nitrogens with one attached hydrogen (secondary N) is 1. The molecular formula is C17H30N2O4S. The Labute approximate surface area is 150 Å². The molecule has 1 saturated carbocycles. The van der Waals surface area contributed by atoms with E-state index in [2.05, 4.69) is 17.9 Å². The van der Waals surface area contributed by atoms with E-state index < -0.39 is 5.60 Å². The Hall–Kier alpha value is -0.950. The molecule has 0 atom stereocenters. The number of ether oxygens (including phenoxy) is 2. The van der Waals surface area contributed by atoms with E-state index in [0.29, 0.717) is 31.9 Å². The lowest BCUT2D eigenvalue weighted by Crippen LogP contribution is -2.56. The van der Waals surface area contributed by atoms with Crippen LogP contribution in [0.15, 0.2) is 0 Å². The van der Waals surface area contributed by atoms with Gasteiger partial charge in [-0.25, -0.2) is 4.79 Å². The summed E-state index contributed by atoms with van der Waals surface area (Å²) in [6.45, 7) is 7.47. The fourth-order valence-electron chi connectivity index (χ4n) is 3.38. The molecule has 2 fully saturated rings. The largest absolute Gasteiger partial charge is 0.444 e. The second-order valence-corrected chi connectivity index (χ2v) is 8.19. The van der Waals surface area contributed by atoms with Gasteiger partial charge in [0.05, 0.1) is 12.2 Å². The molecule has 0 aromatic carbocycles. The van der Waals surface area contributed by atoms with Crippen molar-refractivity contribution in [2.75, 3.05) is 25.4 Å². The molecule has 138 valence electrons. The van der Waals surface area contributed by atoms with Crippen molar-refractivity contribution in [3.8, 4) is 0 Å². The molecule has 7 heteroatoms. The Kier molecular flexibility index (Phi) is 6.42. The average molecular weight is 359 g/mol. The van der Waals surface area contributed by atoms with E-state index in [1.54, 1.807) is 0 Å². The van der Waals surface area contributed by atoms with E-state index in [-0.39, 0.29) is 23.6 Å². The van der Waals surface area contributed by atoms with Gasteiger partial charge in [0.25, 0.3) is 0 Å². The number of hydrogen-bond donors (Lipinski definition) is 2. The van der Waals surface area contributed by atoms with E-state index in [1.165, 1.54) is 0 Å². The molecule has 0 aromatic heterocycles. The van der Waals surface area contributed by atoms with Gasteiger partial charge in [0.1, 0.15) is 5.60 Å². The van der Waals surface area contributed by atoms with Gasteiger partial charge in [-0.05, 0) is 52.2 Å². The fourth-order valence-corrected chi connectivity index (χ4v) is 3.57. The third-order valence-corrected chi connectivity index (χ3v) is 4.77. The van der Waals surface area contributed by atoms with Gasteiger partial charge in [-0.15, -0.1) is 0 Å². The van der Waals surface area contributed by atoms with Gasteiger partial charge >= 0.3 is 6.09 Å². The van der Waals surface area contributed by atoms with E-state index in [9.17, 15) is 9.59 Å². The summed E-state index contributed by atoms with van der Waals surface area (Å²) >= 11 is 4.14. The predicted octanol–water partition coefficient (Wildman–Crippen LogP) is 2.37. The van der Waals surface area contributed by atoms with Crippen LogP contribution in [0.3, 0.4) is 0 Å². The first-order chi connectivity index (χ1) is 11.2. The SMILES string of the molecule is CC(C)(C)OC(=O)NC1CCC2(CC1)CN(C(=O)CCS)CCO2. The maximum atomic E-state index is 12.1. The van der Waals surface area contributed by atoms with Crippen molar-refractivity contribution in [2.45, 2.75) is 70.1 Å². The zero-order valence-corrected chi connectivity index (χ0v) is 15.9. The summed E-state index contributed by atoms with van der Waals surface area (Å²) in [6.07, 6.45) is 3.48. The Balaban J connectivity index is 1.83. The van der Waals surface area contributed by atoms with Crippen molar-refractivity contribution in [1.82, 2.24) is 10.2 Å². The number of carbonyl (C=O) groups excluding carboxylic acids is 2. The Morgan fingerprint density at radius 1 is 1.33 bits per heavy atom. The van der Waals surface area contributed by atoms with Crippen LogP contribution in [0.2, 0.25) is 0 Å². The first-order valence-corrected chi connectivity index (χ1v) is 9.38. The van der Waals surface area contributed by atoms with Crippen molar-refractivity contribution >= 4 is 24.6 Å². The summed E-state index contributed by atoms with van der Waals surface area (Å²) < 4.78 is 11.4. The number of alkyl carbamates (subject to hydrolysis) is 1. The topological polar surface area (TPSA) is 67.9 Å². The average Bonchev–Trinajstić information content (AvgIpc) is 2.48. The molecular weight excluding hydrogens is 328 g/mol. The lowest BCUT2D eigenvalue weighted by molar-refractivity contribution is -0.156. The first-order valence-electron chi connectivity index (χ1n) is 8.75. The van der Waals surface area contributed by atoms with Crippen LogP contribution in [0.25, 0.3) is 0 Å². The summed E-state index contributed by atoms with van der Waals surface area (Å²) in [6, 6.07) is 0.109. The van der Waals surface area contributed by atoms with E-state index in [0.717, 1.165) is 25.7 Å². The fraction of sp³-hybridized carbons (Fsp3) is 0.882. The van der Waals surface area contributed by atoms with Gasteiger partial charge in [0, 0.05) is 25.6 Å². The lowest BCUT2D eigenvalue weighted by Gasteiger charge is -2.46. The van der Waals surface area contributed by atoms with Gasteiger partial charge in [-0.1, -0.05) is 0 Å². The maximum absolute atomic E-state index is 12.1. The van der Waals surface area contributed by atoms with E-state index in [1.807, 2.05) is 25.7 Å². The monoisotopic (exact) mass is 358 g/mol. The summed E-state index contributed by atoms with van der Waals surface area (Å²) in [7, 11) is 0. The zero-order valence-electron chi connectivity index (χ0n) is 15.0. The number of hydrogen-bond acceptors (Lipinski definition) is 5. The molecule has 2 amide bonds. The molecule has 1 heterocycles. The molecule has 0 unspecified atom stereocenters. The van der Waals surface area contributed by atoms with Gasteiger partial charge in [-0.2, -0.15) is 12.6 Å². The maximum Gasteiger partial charge on any atom is 0.407 e. The minimum Gasteiger partial charge on any atom is -0.444 e. The Morgan fingerprint density at radius 3 is 2.58 bits per heavy atom. The normalized spacial score (nSPS) is 27.8. The van der Waals surface area contributed by atoms with Crippen molar-refractivity contribution < 1.29 is 19.1 Å². The quantitative estimate of drug-likeness (QED) is 0.760. The highest BCUT2D eigenvalue weighted by Crippen LogP contribution is 2.35. The summed E-state index contributed by atoms with van der Waals surface area (Å²) in [4.78, 5) is 25.9. The highest BCUT2D eigenvalue weighted by molar-refractivity contribution is 7.80. The molecule has 24 heavy (non-hydrogen) atoms. The van der Waals surface area contributed by atoms with Crippen molar-refractivity contribution in [1.29, 1.82) is 0 Å². The van der Waals surface area contributed by atoms with Crippen molar-refractivity contribution in [3.63, 3.8) is 0 Å². The van der Waals surface area contributed by atoms with Crippen LogP contribution < -0.4 is 5.32 Å². The van der Waals surface area contributed by atoms with Crippen LogP contribution >= 0.6 is 12.6 Å². The smallest absolute Gasteiger partial charge is 0.407 e. The van der Waals surface area contributed by atoms with Crippen LogP contribution in [-0.4, -0.2) is 59.6 Å². The number of carbonyl (C=O) groups is 2. The molecule has 1 saturated heterocycles. The van der Waals surface area contributed by atoms with Gasteiger partial charge in [0.2, 0.25) is 5.91 Å². The molecule has 1 N–H and O–H groups in total. The second-order valence-electron chi connectivity index (χ2n) is 7.74. The number of nitrogens with zero attached hydrogens (tertiary/aromatic N) is 1. The lowest BCUT2D eigenvalue weighted by atomic mass is 9.81. The van der Waals surface area contributed by atoms with Crippen LogP contribution in [0.5, 0.6) is 0 Å². The number of amides is 2. The Morgan fingerprint density at radius 2 is 2.00 bits per heavy atom. The molecule has 2 rings (SSSR count). The van der Waals surface area contributed by atoms with Gasteiger partial charge < -0.3 is 19.7 Å². The third kappa shape index (κ3) is 5.55. The second kappa shape index (κ2) is 7.95. The zero-order chi connectivity index (χ0) is 17.8. The molecule has 2 aliphatic rings. The summed E-state index contributed by atoms with van der Waals surface area (Å²) in [5, 5.41) is 2.94. The van der Waals surface area contributed by atoms with E-state index in [4.69, 9.17) is 9.47 Å². The molecule has 1 aliphatic carbocycles. The van der Waals surface area contributed by atoms with Gasteiger partial charge in [-0.3, -0.25) is 4.79 Å². The summed E-state index contributed by atoms with van der Waals surface area (Å²) in [5.74, 6) is 0.729. The molecule has 0 bridgehead atoms. The van der Waals surface area contributed by atoms with Crippen LogP contribution in [-0.2, 0) is 14.3 Å². The predicted molar refractivity (Wildman–Crippen MR) is 95.4 cm³/mol. The Bertz CT molecular complexity index is 456.